The van der Waals surface area contributed by atoms with Crippen LogP contribution in [0.25, 0.3) is 0 Å². The van der Waals surface area contributed by atoms with Crippen molar-refractivity contribution in [3.63, 3.8) is 0 Å². The van der Waals surface area contributed by atoms with Crippen LogP contribution in [0.3, 0.4) is 0 Å². The topological polar surface area (TPSA) is 80.3 Å². The molecule has 0 amide bonds. The molecule has 0 spiro atoms. The predicted octanol–water partition coefficient (Wildman–Crippen LogP) is 0.854. The van der Waals surface area contributed by atoms with Gasteiger partial charge in [0.05, 0.1) is 19.4 Å². The van der Waals surface area contributed by atoms with E-state index in [1.165, 1.54) is 6.33 Å². The number of halogens is 1. The van der Waals surface area contributed by atoms with Crippen molar-refractivity contribution in [1.29, 1.82) is 0 Å². The average molecular weight is 376 g/mol. The van der Waals surface area contributed by atoms with Crippen LogP contribution < -0.4 is 10.6 Å². The molecule has 0 aliphatic heterocycles. The molecule has 0 aliphatic rings. The maximum atomic E-state index is 5.22. The van der Waals surface area contributed by atoms with Crippen LogP contribution in [0.5, 0.6) is 0 Å². The molecular weight excluding hydrogens is 359 g/mol. The van der Waals surface area contributed by atoms with Crippen molar-refractivity contribution < 1.29 is 4.42 Å². The third-order valence-electron chi connectivity index (χ3n) is 2.33. The number of aliphatic imine (C=N–C) groups is 1. The number of furan rings is 1. The summed E-state index contributed by atoms with van der Waals surface area (Å²) in [6, 6.07) is 3.77. The van der Waals surface area contributed by atoms with E-state index in [9.17, 15) is 0 Å². The maximum Gasteiger partial charge on any atom is 0.191 e. The number of hydrogen-bond acceptors (Lipinski definition) is 4. The van der Waals surface area contributed by atoms with Gasteiger partial charge in [-0.25, -0.2) is 4.98 Å². The molecule has 104 valence electrons. The molecule has 0 saturated heterocycles. The van der Waals surface area contributed by atoms with Crippen LogP contribution in [0.15, 0.2) is 40.5 Å². The highest BCUT2D eigenvalue weighted by atomic mass is 127. The molecule has 7 nitrogen and oxygen atoms in total. The number of nitrogens with zero attached hydrogens (tertiary/aromatic N) is 4. The third kappa shape index (κ3) is 5.28. The molecule has 0 bridgehead atoms. The Labute approximate surface area is 128 Å². The Morgan fingerprint density at radius 3 is 3.00 bits per heavy atom. The molecule has 0 aliphatic carbocycles. The normalized spacial score (nSPS) is 10.9. The minimum Gasteiger partial charge on any atom is -0.467 e. The Hall–Kier alpha value is -1.58. The number of rotatable bonds is 5. The van der Waals surface area contributed by atoms with Crippen molar-refractivity contribution in [1.82, 2.24) is 25.4 Å². The molecule has 2 aromatic heterocycles. The number of guanidine groups is 1. The molecule has 0 radical (unpaired) electrons. The van der Waals surface area contributed by atoms with E-state index >= 15 is 0 Å². The van der Waals surface area contributed by atoms with E-state index in [1.54, 1.807) is 24.3 Å². The lowest BCUT2D eigenvalue weighted by Gasteiger charge is -2.10. The minimum absolute atomic E-state index is 0. The van der Waals surface area contributed by atoms with Crippen LogP contribution >= 0.6 is 24.0 Å². The number of nitrogens with one attached hydrogen (secondary N) is 2. The van der Waals surface area contributed by atoms with Crippen molar-refractivity contribution in [3.8, 4) is 0 Å². The highest BCUT2D eigenvalue weighted by Gasteiger charge is 1.99. The molecule has 0 unspecified atom stereocenters. The smallest absolute Gasteiger partial charge is 0.191 e. The van der Waals surface area contributed by atoms with Crippen LogP contribution in [0.4, 0.5) is 0 Å². The molecule has 0 saturated carbocycles. The van der Waals surface area contributed by atoms with E-state index in [4.69, 9.17) is 4.42 Å². The van der Waals surface area contributed by atoms with E-state index in [-0.39, 0.29) is 24.0 Å². The Kier molecular flexibility index (Phi) is 6.93. The average Bonchev–Trinajstić information content (AvgIpc) is 3.06. The second-order valence-corrected chi connectivity index (χ2v) is 3.59. The molecule has 2 N–H and O–H groups in total. The summed E-state index contributed by atoms with van der Waals surface area (Å²) in [6.07, 6.45) is 4.85. The lowest BCUT2D eigenvalue weighted by Crippen LogP contribution is -2.38. The van der Waals surface area contributed by atoms with Crippen molar-refractivity contribution in [2.45, 2.75) is 13.1 Å². The first kappa shape index (κ1) is 15.5. The van der Waals surface area contributed by atoms with Gasteiger partial charge in [0, 0.05) is 13.6 Å². The molecule has 0 fully saturated rings. The lowest BCUT2D eigenvalue weighted by molar-refractivity contribution is 0.500. The standard InChI is InChI=1S/C11H16N6O.HI/c1-12-11(15-7-10-3-2-6-18-10)14-4-5-17-9-13-8-16-17;/h2-3,6,8-9H,4-5,7H2,1H3,(H2,12,14,15);1H. The third-order valence-corrected chi connectivity index (χ3v) is 2.33. The summed E-state index contributed by atoms with van der Waals surface area (Å²) in [5, 5.41) is 10.3. The Morgan fingerprint density at radius 1 is 1.47 bits per heavy atom. The van der Waals surface area contributed by atoms with Gasteiger partial charge >= 0.3 is 0 Å². The molecule has 2 heterocycles. The van der Waals surface area contributed by atoms with Crippen LogP contribution in [-0.2, 0) is 13.1 Å². The van der Waals surface area contributed by atoms with E-state index < -0.39 is 0 Å². The summed E-state index contributed by atoms with van der Waals surface area (Å²) in [7, 11) is 1.73. The monoisotopic (exact) mass is 376 g/mol. The molecule has 2 aromatic rings. The molecule has 19 heavy (non-hydrogen) atoms. The van der Waals surface area contributed by atoms with Crippen LogP contribution in [-0.4, -0.2) is 34.3 Å². The summed E-state index contributed by atoms with van der Waals surface area (Å²) < 4.78 is 6.98. The van der Waals surface area contributed by atoms with E-state index in [0.29, 0.717) is 6.54 Å². The van der Waals surface area contributed by atoms with Gasteiger partial charge in [0.1, 0.15) is 18.4 Å². The van der Waals surface area contributed by atoms with Gasteiger partial charge in [-0.15, -0.1) is 24.0 Å². The zero-order valence-electron chi connectivity index (χ0n) is 10.6. The zero-order chi connectivity index (χ0) is 12.6. The fourth-order valence-electron chi connectivity index (χ4n) is 1.44. The fraction of sp³-hybridized carbons (Fsp3) is 0.364. The Balaban J connectivity index is 0.00000180. The van der Waals surface area contributed by atoms with Crippen LogP contribution in [0, 0.1) is 0 Å². The van der Waals surface area contributed by atoms with E-state index in [2.05, 4.69) is 25.7 Å². The summed E-state index contributed by atoms with van der Waals surface area (Å²) in [4.78, 5) is 7.99. The van der Waals surface area contributed by atoms with Gasteiger partial charge in [-0.3, -0.25) is 9.67 Å². The predicted molar refractivity (Wildman–Crippen MR) is 82.3 cm³/mol. The van der Waals surface area contributed by atoms with E-state index in [0.717, 1.165) is 24.8 Å². The lowest BCUT2D eigenvalue weighted by atomic mass is 10.4. The van der Waals surface area contributed by atoms with Gasteiger partial charge < -0.3 is 15.1 Å². The second-order valence-electron chi connectivity index (χ2n) is 3.59. The van der Waals surface area contributed by atoms with Gasteiger partial charge in [0.2, 0.25) is 0 Å². The number of hydrogen-bond donors (Lipinski definition) is 2. The second kappa shape index (κ2) is 8.51. The Bertz CT molecular complexity index is 467. The van der Waals surface area contributed by atoms with Gasteiger partial charge in [-0.1, -0.05) is 0 Å². The quantitative estimate of drug-likeness (QED) is 0.460. The van der Waals surface area contributed by atoms with Crippen molar-refractivity contribution >= 4 is 29.9 Å². The molecule has 0 aromatic carbocycles. The summed E-state index contributed by atoms with van der Waals surface area (Å²) in [6.45, 7) is 2.07. The van der Waals surface area contributed by atoms with Crippen molar-refractivity contribution in [2.24, 2.45) is 4.99 Å². The molecule has 8 heteroatoms. The SMILES string of the molecule is CN=C(NCCn1cncn1)NCc1ccco1.I. The highest BCUT2D eigenvalue weighted by molar-refractivity contribution is 14.0. The van der Waals surface area contributed by atoms with Gasteiger partial charge in [-0.2, -0.15) is 5.10 Å². The first-order valence-corrected chi connectivity index (χ1v) is 5.68. The van der Waals surface area contributed by atoms with E-state index in [1.807, 2.05) is 12.1 Å². The van der Waals surface area contributed by atoms with Crippen LogP contribution in [0.1, 0.15) is 5.76 Å². The van der Waals surface area contributed by atoms with Gasteiger partial charge in [-0.05, 0) is 12.1 Å². The highest BCUT2D eigenvalue weighted by Crippen LogP contribution is 1.97. The first-order valence-electron chi connectivity index (χ1n) is 5.68. The first-order chi connectivity index (χ1) is 8.88. The van der Waals surface area contributed by atoms with Crippen molar-refractivity contribution in [3.05, 3.63) is 36.8 Å². The largest absolute Gasteiger partial charge is 0.467 e. The zero-order valence-corrected chi connectivity index (χ0v) is 12.9. The summed E-state index contributed by atoms with van der Waals surface area (Å²) in [5.41, 5.74) is 0. The summed E-state index contributed by atoms with van der Waals surface area (Å²) in [5.74, 6) is 1.60. The van der Waals surface area contributed by atoms with Gasteiger partial charge in [0.25, 0.3) is 0 Å². The fourth-order valence-corrected chi connectivity index (χ4v) is 1.44. The minimum atomic E-state index is 0. The summed E-state index contributed by atoms with van der Waals surface area (Å²) >= 11 is 0. The Morgan fingerprint density at radius 2 is 2.37 bits per heavy atom. The maximum absolute atomic E-state index is 5.22. The van der Waals surface area contributed by atoms with Gasteiger partial charge in [0.15, 0.2) is 5.96 Å². The molecule has 2 rings (SSSR count). The van der Waals surface area contributed by atoms with Crippen molar-refractivity contribution in [2.75, 3.05) is 13.6 Å². The van der Waals surface area contributed by atoms with Crippen LogP contribution in [0.2, 0.25) is 0 Å². The molecular formula is C11H17IN6O. The number of aromatic nitrogens is 3. The molecule has 0 atom stereocenters.